The first-order chi connectivity index (χ1) is 9.94. The Morgan fingerprint density at radius 3 is 2.62 bits per heavy atom. The van der Waals surface area contributed by atoms with E-state index in [4.69, 9.17) is 14.7 Å². The van der Waals surface area contributed by atoms with Crippen LogP contribution in [0.2, 0.25) is 0 Å². The van der Waals surface area contributed by atoms with Gasteiger partial charge in [-0.15, -0.1) is 0 Å². The van der Waals surface area contributed by atoms with Gasteiger partial charge in [-0.2, -0.15) is 5.26 Å². The molecule has 0 heterocycles. The highest BCUT2D eigenvalue weighted by Gasteiger charge is 2.14. The maximum absolute atomic E-state index is 11.9. The summed E-state index contributed by atoms with van der Waals surface area (Å²) in [7, 11) is 4.75. The molecule has 21 heavy (non-hydrogen) atoms. The quantitative estimate of drug-likeness (QED) is 0.603. The van der Waals surface area contributed by atoms with Gasteiger partial charge in [0.2, 0.25) is 0 Å². The van der Waals surface area contributed by atoms with Gasteiger partial charge in [0.25, 0.3) is 5.91 Å². The van der Waals surface area contributed by atoms with Gasteiger partial charge >= 0.3 is 0 Å². The molecule has 0 saturated heterocycles. The topological polar surface area (TPSA) is 62.6 Å². The number of hydrogen-bond acceptors (Lipinski definition) is 4. The Balaban J connectivity index is 3.31. The lowest BCUT2D eigenvalue weighted by Gasteiger charge is -2.13. The Morgan fingerprint density at radius 2 is 2.14 bits per heavy atom. The fourth-order valence-corrected chi connectivity index (χ4v) is 2.30. The van der Waals surface area contributed by atoms with Crippen LogP contribution >= 0.6 is 15.9 Å². The Bertz CT molecular complexity index is 604. The molecule has 1 aromatic carbocycles. The molecule has 0 fully saturated rings. The van der Waals surface area contributed by atoms with E-state index in [1.807, 2.05) is 13.0 Å². The minimum absolute atomic E-state index is 0.0551. The lowest BCUT2D eigenvalue weighted by molar-refractivity contribution is -0.124. The van der Waals surface area contributed by atoms with Crippen molar-refractivity contribution in [2.75, 3.05) is 27.8 Å². The molecule has 0 aliphatic heterocycles. The SMILES string of the molecule is CCOc1cc(/C=C(/C#N)C(=O)N(C)C)cc(Br)c1OC. The zero-order chi connectivity index (χ0) is 16.0. The molecular weight excluding hydrogens is 336 g/mol. The van der Waals surface area contributed by atoms with E-state index in [0.717, 1.165) is 0 Å². The normalized spacial score (nSPS) is 10.8. The van der Waals surface area contributed by atoms with Gasteiger partial charge in [0.15, 0.2) is 11.5 Å². The molecule has 1 rings (SSSR count). The van der Waals surface area contributed by atoms with E-state index < -0.39 is 0 Å². The van der Waals surface area contributed by atoms with Gasteiger partial charge in [0.05, 0.1) is 18.2 Å². The Kier molecular flexibility index (Phi) is 6.25. The van der Waals surface area contributed by atoms with Crippen molar-refractivity contribution >= 4 is 27.9 Å². The molecule has 1 aromatic rings. The van der Waals surface area contributed by atoms with Crippen molar-refractivity contribution in [2.45, 2.75) is 6.92 Å². The number of amides is 1. The van der Waals surface area contributed by atoms with Crippen molar-refractivity contribution in [2.24, 2.45) is 0 Å². The number of carbonyl (C=O) groups is 1. The maximum atomic E-state index is 11.9. The summed E-state index contributed by atoms with van der Waals surface area (Å²) in [5.74, 6) is 0.782. The van der Waals surface area contributed by atoms with Gasteiger partial charge in [-0.1, -0.05) is 0 Å². The summed E-state index contributed by atoms with van der Waals surface area (Å²) in [5.41, 5.74) is 0.734. The molecule has 0 N–H and O–H groups in total. The highest BCUT2D eigenvalue weighted by Crippen LogP contribution is 2.37. The van der Waals surface area contributed by atoms with E-state index in [0.29, 0.717) is 28.1 Å². The number of methoxy groups -OCH3 is 1. The van der Waals surface area contributed by atoms with E-state index >= 15 is 0 Å². The third-order valence-electron chi connectivity index (χ3n) is 2.60. The highest BCUT2D eigenvalue weighted by molar-refractivity contribution is 9.10. The zero-order valence-corrected chi connectivity index (χ0v) is 14.0. The second-order valence-electron chi connectivity index (χ2n) is 4.34. The van der Waals surface area contributed by atoms with Crippen LogP contribution in [0.4, 0.5) is 0 Å². The molecule has 0 radical (unpaired) electrons. The van der Waals surface area contributed by atoms with Gasteiger partial charge in [0.1, 0.15) is 11.6 Å². The summed E-state index contributed by atoms with van der Waals surface area (Å²) in [4.78, 5) is 13.2. The molecule has 6 heteroatoms. The summed E-state index contributed by atoms with van der Waals surface area (Å²) in [5, 5.41) is 9.12. The van der Waals surface area contributed by atoms with Gasteiger partial charge in [-0.25, -0.2) is 0 Å². The van der Waals surface area contributed by atoms with Crippen LogP contribution in [0.25, 0.3) is 6.08 Å². The fraction of sp³-hybridized carbons (Fsp3) is 0.333. The number of halogens is 1. The fourth-order valence-electron chi connectivity index (χ4n) is 1.68. The van der Waals surface area contributed by atoms with E-state index in [1.54, 1.807) is 33.3 Å². The third kappa shape index (κ3) is 4.23. The van der Waals surface area contributed by atoms with E-state index in [9.17, 15) is 4.79 Å². The number of hydrogen-bond donors (Lipinski definition) is 0. The number of benzene rings is 1. The molecule has 0 unspecified atom stereocenters. The van der Waals surface area contributed by atoms with Crippen LogP contribution in [-0.2, 0) is 4.79 Å². The first kappa shape index (κ1) is 17.1. The smallest absolute Gasteiger partial charge is 0.264 e. The van der Waals surface area contributed by atoms with Crippen LogP contribution in [0.1, 0.15) is 12.5 Å². The third-order valence-corrected chi connectivity index (χ3v) is 3.19. The Hall–Kier alpha value is -2.00. The van der Waals surface area contributed by atoms with Crippen LogP contribution in [0.15, 0.2) is 22.2 Å². The van der Waals surface area contributed by atoms with Gasteiger partial charge in [-0.05, 0) is 46.6 Å². The van der Waals surface area contributed by atoms with Gasteiger partial charge in [0, 0.05) is 14.1 Å². The van der Waals surface area contributed by atoms with Crippen molar-refractivity contribution in [1.82, 2.24) is 4.90 Å². The molecule has 0 spiro atoms. The van der Waals surface area contributed by atoms with Gasteiger partial charge in [-0.3, -0.25) is 4.79 Å². The molecule has 112 valence electrons. The highest BCUT2D eigenvalue weighted by atomic mass is 79.9. The standard InChI is InChI=1S/C15H17BrN2O3/c1-5-21-13-8-10(7-12(16)14(13)20-4)6-11(9-17)15(19)18(2)3/h6-8H,5H2,1-4H3/b11-6-. The number of nitrogens with zero attached hydrogens (tertiary/aromatic N) is 2. The molecule has 0 bridgehead atoms. The maximum Gasteiger partial charge on any atom is 0.264 e. The van der Waals surface area contributed by atoms with Crippen molar-refractivity contribution in [1.29, 1.82) is 5.26 Å². The van der Waals surface area contributed by atoms with Crippen molar-refractivity contribution < 1.29 is 14.3 Å². The number of carbonyl (C=O) groups excluding carboxylic acids is 1. The lowest BCUT2D eigenvalue weighted by Crippen LogP contribution is -2.22. The molecule has 5 nitrogen and oxygen atoms in total. The second kappa shape index (κ2) is 7.70. The van der Waals surface area contributed by atoms with Gasteiger partial charge < -0.3 is 14.4 Å². The first-order valence-corrected chi connectivity index (χ1v) is 7.07. The average Bonchev–Trinajstić information content (AvgIpc) is 2.44. The lowest BCUT2D eigenvalue weighted by atomic mass is 10.1. The van der Waals surface area contributed by atoms with Crippen LogP contribution in [-0.4, -0.2) is 38.6 Å². The largest absolute Gasteiger partial charge is 0.492 e. The molecule has 0 aliphatic rings. The second-order valence-corrected chi connectivity index (χ2v) is 5.19. The molecular formula is C15H17BrN2O3. The van der Waals surface area contributed by atoms with Crippen LogP contribution < -0.4 is 9.47 Å². The minimum Gasteiger partial charge on any atom is -0.492 e. The summed E-state index contributed by atoms with van der Waals surface area (Å²) < 4.78 is 11.5. The predicted octanol–water partition coefficient (Wildman–Crippen LogP) is 2.85. The van der Waals surface area contributed by atoms with Crippen molar-refractivity contribution in [3.05, 3.63) is 27.7 Å². The van der Waals surface area contributed by atoms with Crippen molar-refractivity contribution in [3.8, 4) is 17.6 Å². The Labute approximate surface area is 132 Å². The first-order valence-electron chi connectivity index (χ1n) is 6.28. The molecule has 0 aliphatic carbocycles. The number of ether oxygens (including phenoxy) is 2. The predicted molar refractivity (Wildman–Crippen MR) is 84.1 cm³/mol. The number of likely N-dealkylation sites (N-methyl/N-ethyl adjacent to an activating group) is 1. The molecule has 0 saturated carbocycles. The number of nitriles is 1. The molecule has 0 atom stereocenters. The summed E-state index contributed by atoms with van der Waals surface area (Å²) >= 11 is 3.39. The Morgan fingerprint density at radius 1 is 1.48 bits per heavy atom. The summed E-state index contributed by atoms with van der Waals surface area (Å²) in [6.07, 6.45) is 1.52. The zero-order valence-electron chi connectivity index (χ0n) is 12.4. The average molecular weight is 353 g/mol. The monoisotopic (exact) mass is 352 g/mol. The molecule has 1 amide bonds. The van der Waals surface area contributed by atoms with E-state index in [1.165, 1.54) is 11.0 Å². The van der Waals surface area contributed by atoms with E-state index in [-0.39, 0.29) is 11.5 Å². The number of rotatable bonds is 5. The molecule has 0 aromatic heterocycles. The van der Waals surface area contributed by atoms with Crippen molar-refractivity contribution in [3.63, 3.8) is 0 Å². The summed E-state index contributed by atoms with van der Waals surface area (Å²) in [6.45, 7) is 2.35. The van der Waals surface area contributed by atoms with E-state index in [2.05, 4.69) is 15.9 Å². The summed E-state index contributed by atoms with van der Waals surface area (Å²) in [6, 6.07) is 5.41. The van der Waals surface area contributed by atoms with Crippen LogP contribution in [0.3, 0.4) is 0 Å². The van der Waals surface area contributed by atoms with Crippen LogP contribution in [0.5, 0.6) is 11.5 Å². The van der Waals surface area contributed by atoms with Crippen LogP contribution in [0, 0.1) is 11.3 Å². The minimum atomic E-state index is -0.345.